The summed E-state index contributed by atoms with van der Waals surface area (Å²) in [5, 5.41) is 6.15. The first-order valence-corrected chi connectivity index (χ1v) is 11.0. The molecule has 1 aromatic heterocycles. The maximum atomic E-state index is 13.3. The van der Waals surface area contributed by atoms with E-state index >= 15 is 0 Å². The van der Waals surface area contributed by atoms with E-state index < -0.39 is 17.6 Å². The van der Waals surface area contributed by atoms with E-state index in [0.717, 1.165) is 60.4 Å². The SMILES string of the molecule is CC(Nc1ccccc1)c1c(C=C2C(=O)Nc3ccc(C(F)(F)F)cc32)oc2c1CCCC2. The van der Waals surface area contributed by atoms with Gasteiger partial charge >= 0.3 is 6.18 Å². The van der Waals surface area contributed by atoms with Crippen LogP contribution in [0.15, 0.2) is 52.9 Å². The van der Waals surface area contributed by atoms with Crippen LogP contribution < -0.4 is 10.6 Å². The molecular weight excluding hydrogens is 429 g/mol. The lowest BCUT2D eigenvalue weighted by Gasteiger charge is -2.18. The van der Waals surface area contributed by atoms with Crippen molar-refractivity contribution < 1.29 is 22.4 Å². The van der Waals surface area contributed by atoms with E-state index in [2.05, 4.69) is 10.6 Å². The second-order valence-electron chi connectivity index (χ2n) is 8.49. The van der Waals surface area contributed by atoms with E-state index in [1.54, 1.807) is 6.08 Å². The maximum absolute atomic E-state index is 13.3. The van der Waals surface area contributed by atoms with Crippen molar-refractivity contribution in [2.45, 2.75) is 44.8 Å². The first-order chi connectivity index (χ1) is 15.8. The van der Waals surface area contributed by atoms with Gasteiger partial charge in [-0.05, 0) is 68.2 Å². The summed E-state index contributed by atoms with van der Waals surface area (Å²) in [6.07, 6.45) is 0.858. The van der Waals surface area contributed by atoms with Crippen LogP contribution in [-0.2, 0) is 23.8 Å². The molecule has 170 valence electrons. The molecule has 1 unspecified atom stereocenters. The second kappa shape index (κ2) is 8.14. The Bertz CT molecular complexity index is 1240. The van der Waals surface area contributed by atoms with Crippen molar-refractivity contribution in [3.8, 4) is 0 Å². The minimum absolute atomic E-state index is 0.115. The predicted molar refractivity (Wildman–Crippen MR) is 122 cm³/mol. The third kappa shape index (κ3) is 4.03. The van der Waals surface area contributed by atoms with E-state index in [4.69, 9.17) is 4.42 Å². The molecule has 0 fully saturated rings. The van der Waals surface area contributed by atoms with E-state index in [9.17, 15) is 18.0 Å². The highest BCUT2D eigenvalue weighted by Gasteiger charge is 2.34. The van der Waals surface area contributed by atoms with E-state index in [-0.39, 0.29) is 17.2 Å². The van der Waals surface area contributed by atoms with Crippen LogP contribution in [0.2, 0.25) is 0 Å². The van der Waals surface area contributed by atoms with Crippen LogP contribution in [0, 0.1) is 0 Å². The fourth-order valence-electron chi connectivity index (χ4n) is 4.69. The first-order valence-electron chi connectivity index (χ1n) is 11.0. The molecule has 7 heteroatoms. The Morgan fingerprint density at radius 3 is 2.61 bits per heavy atom. The number of furan rings is 1. The molecule has 2 aliphatic rings. The lowest BCUT2D eigenvalue weighted by atomic mass is 9.91. The molecule has 3 aromatic rings. The topological polar surface area (TPSA) is 54.3 Å². The van der Waals surface area contributed by atoms with Crippen molar-refractivity contribution in [2.75, 3.05) is 10.6 Å². The monoisotopic (exact) mass is 452 g/mol. The van der Waals surface area contributed by atoms with Gasteiger partial charge in [0.15, 0.2) is 0 Å². The zero-order valence-electron chi connectivity index (χ0n) is 18.1. The molecule has 2 heterocycles. The van der Waals surface area contributed by atoms with Crippen molar-refractivity contribution in [1.82, 2.24) is 0 Å². The molecule has 4 nitrogen and oxygen atoms in total. The number of hydrogen-bond donors (Lipinski definition) is 2. The molecular formula is C26H23F3N2O2. The van der Waals surface area contributed by atoms with Crippen LogP contribution in [0.5, 0.6) is 0 Å². The number of nitrogens with one attached hydrogen (secondary N) is 2. The molecule has 0 spiro atoms. The second-order valence-corrected chi connectivity index (χ2v) is 8.49. The lowest BCUT2D eigenvalue weighted by molar-refractivity contribution is -0.137. The number of anilines is 2. The van der Waals surface area contributed by atoms with Gasteiger partial charge in [-0.2, -0.15) is 13.2 Å². The van der Waals surface area contributed by atoms with Crippen LogP contribution in [-0.4, -0.2) is 5.91 Å². The largest absolute Gasteiger partial charge is 0.461 e. The number of carbonyl (C=O) groups excluding carboxylic acids is 1. The minimum atomic E-state index is -4.49. The predicted octanol–water partition coefficient (Wildman–Crippen LogP) is 6.84. The third-order valence-corrected chi connectivity index (χ3v) is 6.24. The van der Waals surface area contributed by atoms with E-state index in [1.165, 1.54) is 6.07 Å². The molecule has 1 aliphatic heterocycles. The number of hydrogen-bond acceptors (Lipinski definition) is 3. The van der Waals surface area contributed by atoms with Gasteiger partial charge in [0.1, 0.15) is 11.5 Å². The molecule has 1 aliphatic carbocycles. The molecule has 2 N–H and O–H groups in total. The average Bonchev–Trinajstić information content (AvgIpc) is 3.30. The van der Waals surface area contributed by atoms with Crippen LogP contribution in [0.1, 0.15) is 59.6 Å². The Kier molecular flexibility index (Phi) is 5.27. The molecule has 5 rings (SSSR count). The molecule has 0 radical (unpaired) electrons. The molecule has 1 atom stereocenters. The Morgan fingerprint density at radius 2 is 1.85 bits per heavy atom. The highest BCUT2D eigenvalue weighted by Crippen LogP contribution is 2.41. The lowest BCUT2D eigenvalue weighted by Crippen LogP contribution is -2.11. The summed E-state index contributed by atoms with van der Waals surface area (Å²) in [6.45, 7) is 2.03. The molecule has 0 bridgehead atoms. The number of carbonyl (C=O) groups is 1. The van der Waals surface area contributed by atoms with Crippen molar-refractivity contribution in [1.29, 1.82) is 0 Å². The maximum Gasteiger partial charge on any atom is 0.416 e. The first kappa shape index (κ1) is 21.4. The van der Waals surface area contributed by atoms with Gasteiger partial charge in [-0.1, -0.05) is 18.2 Å². The van der Waals surface area contributed by atoms with Crippen LogP contribution in [0.25, 0.3) is 11.6 Å². The van der Waals surface area contributed by atoms with E-state index in [0.29, 0.717) is 11.4 Å². The summed E-state index contributed by atoms with van der Waals surface area (Å²) in [4.78, 5) is 12.7. The molecule has 2 aromatic carbocycles. The third-order valence-electron chi connectivity index (χ3n) is 6.24. The van der Waals surface area contributed by atoms with Crippen molar-refractivity contribution in [3.63, 3.8) is 0 Å². The zero-order valence-corrected chi connectivity index (χ0v) is 18.1. The quantitative estimate of drug-likeness (QED) is 0.426. The summed E-state index contributed by atoms with van der Waals surface area (Å²) < 4.78 is 46.1. The van der Waals surface area contributed by atoms with Gasteiger partial charge in [-0.15, -0.1) is 0 Å². The Labute approximate surface area is 189 Å². The standard InChI is InChI=1S/C26H23F3N2O2/c1-15(30-17-7-3-2-4-8-17)24-18-9-5-6-10-22(18)33-23(24)14-20-19-13-16(26(27,28)29)11-12-21(19)31-25(20)32/h2-4,7-8,11-15,30H,5-6,9-10H2,1H3,(H,31,32). The van der Waals surface area contributed by atoms with Gasteiger partial charge in [0.2, 0.25) is 0 Å². The summed E-state index contributed by atoms with van der Waals surface area (Å²) in [5.41, 5.74) is 3.03. The summed E-state index contributed by atoms with van der Waals surface area (Å²) >= 11 is 0. The number of aryl methyl sites for hydroxylation is 1. The highest BCUT2D eigenvalue weighted by atomic mass is 19.4. The van der Waals surface area contributed by atoms with E-state index in [1.807, 2.05) is 37.3 Å². The summed E-state index contributed by atoms with van der Waals surface area (Å²) in [7, 11) is 0. The van der Waals surface area contributed by atoms with Gasteiger partial charge < -0.3 is 15.1 Å². The molecule has 0 saturated heterocycles. The van der Waals surface area contributed by atoms with Crippen molar-refractivity contribution >= 4 is 28.9 Å². The average molecular weight is 452 g/mol. The molecule has 1 amide bonds. The summed E-state index contributed by atoms with van der Waals surface area (Å²) in [6, 6.07) is 13.0. The normalized spacial score (nSPS) is 17.5. The number of fused-ring (bicyclic) bond motifs is 2. The van der Waals surface area contributed by atoms with Gasteiger partial charge in [0.05, 0.1) is 17.2 Å². The molecule has 0 saturated carbocycles. The van der Waals surface area contributed by atoms with Gasteiger partial charge in [0, 0.05) is 28.9 Å². The number of alkyl halides is 3. The number of amides is 1. The number of para-hydroxylation sites is 1. The minimum Gasteiger partial charge on any atom is -0.461 e. The fourth-order valence-corrected chi connectivity index (χ4v) is 4.69. The number of halogens is 3. The Hall–Kier alpha value is -3.48. The highest BCUT2D eigenvalue weighted by molar-refractivity contribution is 6.34. The number of rotatable bonds is 4. The number of benzene rings is 2. The van der Waals surface area contributed by atoms with Crippen LogP contribution >= 0.6 is 0 Å². The molecule has 33 heavy (non-hydrogen) atoms. The van der Waals surface area contributed by atoms with Gasteiger partial charge in [-0.25, -0.2) is 0 Å². The Balaban J connectivity index is 1.59. The van der Waals surface area contributed by atoms with Crippen LogP contribution in [0.4, 0.5) is 24.5 Å². The van der Waals surface area contributed by atoms with Crippen LogP contribution in [0.3, 0.4) is 0 Å². The summed E-state index contributed by atoms with van der Waals surface area (Å²) in [5.74, 6) is 0.981. The van der Waals surface area contributed by atoms with Gasteiger partial charge in [-0.3, -0.25) is 4.79 Å². The smallest absolute Gasteiger partial charge is 0.416 e. The van der Waals surface area contributed by atoms with Crippen molar-refractivity contribution in [2.24, 2.45) is 0 Å². The Morgan fingerprint density at radius 1 is 1.09 bits per heavy atom. The van der Waals surface area contributed by atoms with Crippen molar-refractivity contribution in [3.05, 3.63) is 82.3 Å². The van der Waals surface area contributed by atoms with Gasteiger partial charge in [0.25, 0.3) is 5.91 Å². The fraction of sp³-hybridized carbons (Fsp3) is 0.269. The zero-order chi connectivity index (χ0) is 23.2.